The second kappa shape index (κ2) is 8.05. The topological polar surface area (TPSA) is 86.5 Å². The van der Waals surface area contributed by atoms with E-state index in [0.717, 1.165) is 27.1 Å². The molecule has 8 heteroatoms. The Morgan fingerprint density at radius 2 is 1.75 bits per heavy atom. The summed E-state index contributed by atoms with van der Waals surface area (Å²) in [4.78, 5) is 13.5. The van der Waals surface area contributed by atoms with Gasteiger partial charge in [0.25, 0.3) is 0 Å². The number of thiophene rings is 1. The highest BCUT2D eigenvalue weighted by Crippen LogP contribution is 2.37. The molecule has 1 heterocycles. The summed E-state index contributed by atoms with van der Waals surface area (Å²) in [6.45, 7) is 4.03. The summed E-state index contributed by atoms with van der Waals surface area (Å²) in [6, 6.07) is 13.6. The van der Waals surface area contributed by atoms with Gasteiger partial charge in [-0.05, 0) is 60.9 Å². The standard InChI is InChI=1S/C20H18ClNO4S2/c1-3-26-20(23)18-10-12(2)19(27-18)14-6-9-17(21)16(11-14)13-4-7-15(8-5-13)28(22,24)25/h4-11H,3H2,1-2H3,(H2,22,24,25). The lowest BCUT2D eigenvalue weighted by Gasteiger charge is -2.09. The Kier molecular flexibility index (Phi) is 5.90. The normalized spacial score (nSPS) is 11.4. The molecule has 28 heavy (non-hydrogen) atoms. The van der Waals surface area contributed by atoms with E-state index in [1.165, 1.54) is 23.5 Å². The Bertz CT molecular complexity index is 1140. The number of primary sulfonamides is 1. The van der Waals surface area contributed by atoms with Crippen molar-refractivity contribution in [3.05, 3.63) is 64.0 Å². The molecule has 146 valence electrons. The summed E-state index contributed by atoms with van der Waals surface area (Å²) in [5, 5.41) is 5.68. The van der Waals surface area contributed by atoms with Crippen molar-refractivity contribution in [3.8, 4) is 21.6 Å². The summed E-state index contributed by atoms with van der Waals surface area (Å²) in [5.41, 5.74) is 3.39. The second-order valence-electron chi connectivity index (χ2n) is 6.11. The van der Waals surface area contributed by atoms with Gasteiger partial charge in [0, 0.05) is 15.5 Å². The summed E-state index contributed by atoms with van der Waals surface area (Å²) in [7, 11) is -3.75. The third kappa shape index (κ3) is 4.28. The number of carbonyl (C=O) groups is 1. The minimum atomic E-state index is -3.75. The van der Waals surface area contributed by atoms with E-state index in [4.69, 9.17) is 21.5 Å². The Morgan fingerprint density at radius 1 is 1.11 bits per heavy atom. The SMILES string of the molecule is CCOC(=O)c1cc(C)c(-c2ccc(Cl)c(-c3ccc(S(N)(=O)=O)cc3)c2)s1. The number of sulfonamides is 1. The fraction of sp³-hybridized carbons (Fsp3) is 0.150. The number of carbonyl (C=O) groups excluding carboxylic acids is 1. The van der Waals surface area contributed by atoms with Crippen molar-refractivity contribution in [3.63, 3.8) is 0 Å². The predicted octanol–water partition coefficient (Wildman–Crippen LogP) is 4.87. The Labute approximate surface area is 172 Å². The molecule has 0 amide bonds. The molecule has 0 saturated carbocycles. The average Bonchev–Trinajstić information content (AvgIpc) is 3.04. The van der Waals surface area contributed by atoms with Crippen molar-refractivity contribution in [2.24, 2.45) is 5.14 Å². The second-order valence-corrected chi connectivity index (χ2v) is 9.13. The molecule has 5 nitrogen and oxygen atoms in total. The molecule has 0 aliphatic carbocycles. The van der Waals surface area contributed by atoms with Crippen molar-refractivity contribution in [1.29, 1.82) is 0 Å². The molecule has 0 unspecified atom stereocenters. The van der Waals surface area contributed by atoms with E-state index in [1.54, 1.807) is 25.1 Å². The number of benzene rings is 2. The molecular formula is C20H18ClNO4S2. The number of nitrogens with two attached hydrogens (primary N) is 1. The molecule has 0 fully saturated rings. The number of aryl methyl sites for hydroxylation is 1. The molecule has 0 radical (unpaired) electrons. The third-order valence-corrected chi connectivity index (χ3v) is 6.64. The van der Waals surface area contributed by atoms with Crippen molar-refractivity contribution < 1.29 is 17.9 Å². The minimum Gasteiger partial charge on any atom is -0.462 e. The van der Waals surface area contributed by atoms with Gasteiger partial charge >= 0.3 is 5.97 Å². The molecule has 0 spiro atoms. The highest BCUT2D eigenvalue weighted by Gasteiger charge is 2.16. The van der Waals surface area contributed by atoms with Crippen LogP contribution in [0.1, 0.15) is 22.2 Å². The number of esters is 1. The lowest BCUT2D eigenvalue weighted by Crippen LogP contribution is -2.11. The van der Waals surface area contributed by atoms with Gasteiger partial charge in [-0.15, -0.1) is 11.3 Å². The first kappa shape index (κ1) is 20.5. The zero-order chi connectivity index (χ0) is 20.5. The van der Waals surface area contributed by atoms with Crippen LogP contribution in [-0.4, -0.2) is 21.0 Å². The van der Waals surface area contributed by atoms with Crippen LogP contribution in [0.2, 0.25) is 5.02 Å². The van der Waals surface area contributed by atoms with Gasteiger partial charge in [0.15, 0.2) is 0 Å². The zero-order valence-electron chi connectivity index (χ0n) is 15.2. The van der Waals surface area contributed by atoms with E-state index < -0.39 is 10.0 Å². The number of halogens is 1. The highest BCUT2D eigenvalue weighted by molar-refractivity contribution is 7.89. The van der Waals surface area contributed by atoms with Crippen molar-refractivity contribution >= 4 is 38.9 Å². The van der Waals surface area contributed by atoms with Crippen molar-refractivity contribution in [2.45, 2.75) is 18.7 Å². The van der Waals surface area contributed by atoms with E-state index in [9.17, 15) is 13.2 Å². The molecule has 3 aromatic rings. The molecular weight excluding hydrogens is 418 g/mol. The smallest absolute Gasteiger partial charge is 0.348 e. The average molecular weight is 436 g/mol. The van der Waals surface area contributed by atoms with Gasteiger partial charge in [0.2, 0.25) is 10.0 Å². The summed E-state index contributed by atoms with van der Waals surface area (Å²) >= 11 is 7.73. The maximum absolute atomic E-state index is 12.0. The van der Waals surface area contributed by atoms with Gasteiger partial charge in [-0.2, -0.15) is 0 Å². The summed E-state index contributed by atoms with van der Waals surface area (Å²) < 4.78 is 28.0. The van der Waals surface area contributed by atoms with Gasteiger partial charge in [-0.25, -0.2) is 18.4 Å². The third-order valence-electron chi connectivity index (χ3n) is 4.12. The highest BCUT2D eigenvalue weighted by atomic mass is 35.5. The first-order valence-electron chi connectivity index (χ1n) is 8.41. The predicted molar refractivity (Wildman–Crippen MR) is 112 cm³/mol. The van der Waals surface area contributed by atoms with E-state index in [2.05, 4.69) is 0 Å². The molecule has 3 rings (SSSR count). The van der Waals surface area contributed by atoms with E-state index in [-0.39, 0.29) is 10.9 Å². The lowest BCUT2D eigenvalue weighted by molar-refractivity contribution is 0.0532. The molecule has 0 bridgehead atoms. The summed E-state index contributed by atoms with van der Waals surface area (Å²) in [6.07, 6.45) is 0. The quantitative estimate of drug-likeness (QED) is 0.579. The molecule has 0 atom stereocenters. The van der Waals surface area contributed by atoms with E-state index in [1.807, 2.05) is 25.1 Å². The summed E-state index contributed by atoms with van der Waals surface area (Å²) in [5.74, 6) is -0.338. The van der Waals surface area contributed by atoms with Crippen LogP contribution in [0.5, 0.6) is 0 Å². The van der Waals surface area contributed by atoms with Crippen LogP contribution in [0.4, 0.5) is 0 Å². The van der Waals surface area contributed by atoms with Gasteiger partial charge in [-0.1, -0.05) is 29.8 Å². The molecule has 0 aliphatic heterocycles. The first-order chi connectivity index (χ1) is 13.2. The van der Waals surface area contributed by atoms with Crippen molar-refractivity contribution in [1.82, 2.24) is 0 Å². The zero-order valence-corrected chi connectivity index (χ0v) is 17.6. The van der Waals surface area contributed by atoms with E-state index >= 15 is 0 Å². The van der Waals surface area contributed by atoms with Gasteiger partial charge in [-0.3, -0.25) is 0 Å². The fourth-order valence-corrected chi connectivity index (χ4v) is 4.59. The lowest BCUT2D eigenvalue weighted by atomic mass is 10.0. The number of ether oxygens (including phenoxy) is 1. The Morgan fingerprint density at radius 3 is 2.36 bits per heavy atom. The number of hydrogen-bond donors (Lipinski definition) is 1. The maximum Gasteiger partial charge on any atom is 0.348 e. The maximum atomic E-state index is 12.0. The molecule has 0 saturated heterocycles. The monoisotopic (exact) mass is 435 g/mol. The van der Waals surface area contributed by atoms with Crippen LogP contribution in [0.15, 0.2) is 53.4 Å². The Balaban J connectivity index is 2.02. The van der Waals surface area contributed by atoms with Gasteiger partial charge < -0.3 is 4.74 Å². The first-order valence-corrected chi connectivity index (χ1v) is 11.2. The van der Waals surface area contributed by atoms with Crippen LogP contribution in [0.25, 0.3) is 21.6 Å². The Hall–Kier alpha value is -2.19. The largest absolute Gasteiger partial charge is 0.462 e. The van der Waals surface area contributed by atoms with Crippen LogP contribution in [0.3, 0.4) is 0 Å². The number of rotatable bonds is 5. The minimum absolute atomic E-state index is 0.0386. The molecule has 2 N–H and O–H groups in total. The van der Waals surface area contributed by atoms with Crippen LogP contribution in [-0.2, 0) is 14.8 Å². The van der Waals surface area contributed by atoms with Crippen LogP contribution >= 0.6 is 22.9 Å². The van der Waals surface area contributed by atoms with E-state index in [0.29, 0.717) is 16.5 Å². The van der Waals surface area contributed by atoms with Crippen molar-refractivity contribution in [2.75, 3.05) is 6.61 Å². The van der Waals surface area contributed by atoms with Crippen LogP contribution in [0, 0.1) is 6.92 Å². The molecule has 2 aromatic carbocycles. The van der Waals surface area contributed by atoms with Gasteiger partial charge in [0.1, 0.15) is 4.88 Å². The van der Waals surface area contributed by atoms with Crippen LogP contribution < -0.4 is 5.14 Å². The molecule has 1 aromatic heterocycles. The number of hydrogen-bond acceptors (Lipinski definition) is 5. The fourth-order valence-electron chi connectivity index (χ4n) is 2.78. The van der Waals surface area contributed by atoms with Gasteiger partial charge in [0.05, 0.1) is 11.5 Å². The molecule has 0 aliphatic rings.